The van der Waals surface area contributed by atoms with Crippen molar-refractivity contribution in [3.8, 4) is 0 Å². The number of aromatic nitrogens is 1. The molecular weight excluding hydrogens is 204 g/mol. The number of thiazole rings is 1. The van der Waals surface area contributed by atoms with Crippen molar-refractivity contribution in [2.45, 2.75) is 13.3 Å². The van der Waals surface area contributed by atoms with Crippen molar-refractivity contribution in [2.75, 3.05) is 11.9 Å². The number of nitrogens with zero attached hydrogens (tertiary/aromatic N) is 1. The average Bonchev–Trinajstić information content (AvgIpc) is 2.79. The number of para-hydroxylation sites is 1. The molecule has 1 heterocycles. The van der Waals surface area contributed by atoms with Gasteiger partial charge in [0, 0.05) is 6.54 Å². The maximum absolute atomic E-state index is 4.54. The van der Waals surface area contributed by atoms with E-state index >= 15 is 0 Å². The Labute approximate surface area is 93.3 Å². The minimum Gasteiger partial charge on any atom is -0.361 e. The van der Waals surface area contributed by atoms with Gasteiger partial charge in [0.1, 0.15) is 0 Å². The fourth-order valence-electron chi connectivity index (χ4n) is 1.85. The Balaban J connectivity index is 1.74. The Hall–Kier alpha value is -1.09. The first-order valence-electron chi connectivity index (χ1n) is 5.42. The Kier molecular flexibility index (Phi) is 2.13. The zero-order valence-electron chi connectivity index (χ0n) is 8.73. The lowest BCUT2D eigenvalue weighted by Gasteiger charge is -1.98. The molecule has 0 aliphatic heterocycles. The Morgan fingerprint density at radius 1 is 1.47 bits per heavy atom. The molecule has 2 nitrogen and oxygen atoms in total. The van der Waals surface area contributed by atoms with E-state index < -0.39 is 0 Å². The summed E-state index contributed by atoms with van der Waals surface area (Å²) in [5, 5.41) is 4.50. The van der Waals surface area contributed by atoms with Gasteiger partial charge >= 0.3 is 0 Å². The van der Waals surface area contributed by atoms with E-state index in [-0.39, 0.29) is 0 Å². The van der Waals surface area contributed by atoms with Gasteiger partial charge in [-0.25, -0.2) is 4.98 Å². The predicted molar refractivity (Wildman–Crippen MR) is 65.4 cm³/mol. The first-order valence-corrected chi connectivity index (χ1v) is 6.24. The van der Waals surface area contributed by atoms with E-state index in [4.69, 9.17) is 0 Å². The van der Waals surface area contributed by atoms with Crippen LogP contribution in [0.3, 0.4) is 0 Å². The van der Waals surface area contributed by atoms with Gasteiger partial charge in [0.25, 0.3) is 0 Å². The summed E-state index contributed by atoms with van der Waals surface area (Å²) >= 11 is 1.75. The van der Waals surface area contributed by atoms with Crippen molar-refractivity contribution in [1.29, 1.82) is 0 Å². The fourth-order valence-corrected chi connectivity index (χ4v) is 2.72. The second-order valence-electron chi connectivity index (χ2n) is 4.34. The summed E-state index contributed by atoms with van der Waals surface area (Å²) in [5.74, 6) is 1.78. The monoisotopic (exact) mass is 218 g/mol. The van der Waals surface area contributed by atoms with Crippen LogP contribution in [-0.2, 0) is 0 Å². The van der Waals surface area contributed by atoms with Crippen LogP contribution in [0.15, 0.2) is 24.3 Å². The highest BCUT2D eigenvalue weighted by atomic mass is 32.1. The molecule has 1 aliphatic rings. The molecule has 0 amide bonds. The molecule has 2 atom stereocenters. The molecule has 1 aromatic carbocycles. The first-order chi connectivity index (χ1) is 7.33. The number of nitrogens with one attached hydrogen (secondary N) is 1. The summed E-state index contributed by atoms with van der Waals surface area (Å²) in [7, 11) is 0. The molecule has 3 rings (SSSR count). The number of hydrogen-bond acceptors (Lipinski definition) is 3. The molecule has 0 saturated heterocycles. The van der Waals surface area contributed by atoms with Crippen LogP contribution in [0.2, 0.25) is 0 Å². The maximum atomic E-state index is 4.54. The number of benzene rings is 1. The van der Waals surface area contributed by atoms with E-state index in [1.54, 1.807) is 11.3 Å². The standard InChI is InChI=1S/C12H14N2S/c1-8-6-9(8)7-13-12-14-10-4-2-3-5-11(10)15-12/h2-5,8-9H,6-7H2,1H3,(H,13,14). The van der Waals surface area contributed by atoms with Crippen LogP contribution < -0.4 is 5.32 Å². The van der Waals surface area contributed by atoms with E-state index in [9.17, 15) is 0 Å². The molecule has 3 heteroatoms. The Morgan fingerprint density at radius 2 is 2.27 bits per heavy atom. The molecular formula is C12H14N2S. The van der Waals surface area contributed by atoms with E-state index in [1.807, 2.05) is 6.07 Å². The quantitative estimate of drug-likeness (QED) is 0.854. The maximum Gasteiger partial charge on any atom is 0.183 e. The van der Waals surface area contributed by atoms with Crippen LogP contribution in [0.1, 0.15) is 13.3 Å². The van der Waals surface area contributed by atoms with Gasteiger partial charge in [-0.2, -0.15) is 0 Å². The lowest BCUT2D eigenvalue weighted by atomic mass is 10.3. The van der Waals surface area contributed by atoms with Crippen molar-refractivity contribution >= 4 is 26.7 Å². The van der Waals surface area contributed by atoms with Gasteiger partial charge in [-0.15, -0.1) is 0 Å². The van der Waals surface area contributed by atoms with Gasteiger partial charge in [-0.3, -0.25) is 0 Å². The number of rotatable bonds is 3. The lowest BCUT2D eigenvalue weighted by molar-refractivity contribution is 0.787. The normalized spacial score (nSPS) is 24.3. The van der Waals surface area contributed by atoms with Gasteiger partial charge in [-0.05, 0) is 30.4 Å². The highest BCUT2D eigenvalue weighted by Gasteiger charge is 2.32. The third-order valence-electron chi connectivity index (χ3n) is 3.09. The second-order valence-corrected chi connectivity index (χ2v) is 5.37. The van der Waals surface area contributed by atoms with Crippen LogP contribution in [-0.4, -0.2) is 11.5 Å². The Bertz CT molecular complexity index is 444. The molecule has 1 aliphatic carbocycles. The zero-order valence-corrected chi connectivity index (χ0v) is 9.55. The topological polar surface area (TPSA) is 24.9 Å². The minimum atomic E-state index is 0.872. The molecule has 1 N–H and O–H groups in total. The van der Waals surface area contributed by atoms with Crippen LogP contribution in [0.25, 0.3) is 10.2 Å². The fraction of sp³-hybridized carbons (Fsp3) is 0.417. The summed E-state index contributed by atoms with van der Waals surface area (Å²) in [6.45, 7) is 3.39. The van der Waals surface area contributed by atoms with Crippen LogP contribution in [0.5, 0.6) is 0 Å². The molecule has 1 saturated carbocycles. The first kappa shape index (κ1) is 9.16. The third kappa shape index (κ3) is 1.84. The van der Waals surface area contributed by atoms with E-state index in [1.165, 1.54) is 11.1 Å². The minimum absolute atomic E-state index is 0.872. The van der Waals surface area contributed by atoms with Crippen molar-refractivity contribution in [3.63, 3.8) is 0 Å². The van der Waals surface area contributed by atoms with Gasteiger partial charge < -0.3 is 5.32 Å². The molecule has 15 heavy (non-hydrogen) atoms. The summed E-state index contributed by atoms with van der Waals surface area (Å²) in [4.78, 5) is 4.54. The van der Waals surface area contributed by atoms with Crippen molar-refractivity contribution in [1.82, 2.24) is 4.98 Å². The highest BCUT2D eigenvalue weighted by Crippen LogP contribution is 2.38. The summed E-state index contributed by atoms with van der Waals surface area (Å²) in [6, 6.07) is 8.29. The van der Waals surface area contributed by atoms with Crippen LogP contribution in [0, 0.1) is 11.8 Å². The van der Waals surface area contributed by atoms with Gasteiger partial charge in [-0.1, -0.05) is 30.4 Å². The van der Waals surface area contributed by atoms with Crippen LogP contribution in [0.4, 0.5) is 5.13 Å². The number of anilines is 1. The van der Waals surface area contributed by atoms with Gasteiger partial charge in [0.2, 0.25) is 0 Å². The van der Waals surface area contributed by atoms with Crippen molar-refractivity contribution < 1.29 is 0 Å². The molecule has 0 radical (unpaired) electrons. The predicted octanol–water partition coefficient (Wildman–Crippen LogP) is 3.36. The summed E-state index contributed by atoms with van der Waals surface area (Å²) in [5.41, 5.74) is 1.11. The molecule has 0 spiro atoms. The van der Waals surface area contributed by atoms with E-state index in [0.29, 0.717) is 0 Å². The Morgan fingerprint density at radius 3 is 3.00 bits per heavy atom. The molecule has 1 aromatic heterocycles. The smallest absolute Gasteiger partial charge is 0.183 e. The van der Waals surface area contributed by atoms with Crippen LogP contribution >= 0.6 is 11.3 Å². The van der Waals surface area contributed by atoms with Crippen molar-refractivity contribution in [2.24, 2.45) is 11.8 Å². The lowest BCUT2D eigenvalue weighted by Crippen LogP contribution is -2.03. The SMILES string of the molecule is CC1CC1CNc1nc2ccccc2s1. The molecule has 0 bridgehead atoms. The summed E-state index contributed by atoms with van der Waals surface area (Å²) in [6.07, 6.45) is 1.37. The second kappa shape index (κ2) is 3.49. The number of hydrogen-bond donors (Lipinski definition) is 1. The molecule has 78 valence electrons. The molecule has 2 aromatic rings. The van der Waals surface area contributed by atoms with Crippen molar-refractivity contribution in [3.05, 3.63) is 24.3 Å². The zero-order chi connectivity index (χ0) is 10.3. The molecule has 2 unspecified atom stereocenters. The molecule has 1 fully saturated rings. The number of fused-ring (bicyclic) bond motifs is 1. The average molecular weight is 218 g/mol. The third-order valence-corrected chi connectivity index (χ3v) is 4.08. The van der Waals surface area contributed by atoms with E-state index in [0.717, 1.165) is 29.0 Å². The van der Waals surface area contributed by atoms with E-state index in [2.05, 4.69) is 35.4 Å². The highest BCUT2D eigenvalue weighted by molar-refractivity contribution is 7.22. The van der Waals surface area contributed by atoms with Gasteiger partial charge in [0.05, 0.1) is 10.2 Å². The summed E-state index contributed by atoms with van der Waals surface area (Å²) < 4.78 is 1.27. The largest absolute Gasteiger partial charge is 0.361 e. The van der Waals surface area contributed by atoms with Gasteiger partial charge in [0.15, 0.2) is 5.13 Å².